The minimum Gasteiger partial charge on any atom is -0.492 e. The van der Waals surface area contributed by atoms with Crippen molar-refractivity contribution in [3.63, 3.8) is 0 Å². The number of ether oxygens (including phenoxy) is 1. The monoisotopic (exact) mass is 375 g/mol. The van der Waals surface area contributed by atoms with Crippen LogP contribution in [0.25, 0.3) is 0 Å². The summed E-state index contributed by atoms with van der Waals surface area (Å²) in [5, 5.41) is 2.92. The summed E-state index contributed by atoms with van der Waals surface area (Å²) in [6.45, 7) is 5.52. The van der Waals surface area contributed by atoms with Gasteiger partial charge in [0.05, 0.1) is 11.1 Å². The molecular formula is C19H22BrNO2. The fourth-order valence-corrected chi connectivity index (χ4v) is 2.54. The van der Waals surface area contributed by atoms with Crippen molar-refractivity contribution in [1.82, 2.24) is 5.32 Å². The van der Waals surface area contributed by atoms with E-state index in [-0.39, 0.29) is 5.91 Å². The lowest BCUT2D eigenvalue weighted by Crippen LogP contribution is -2.22. The Kier molecular flexibility index (Phi) is 6.66. The van der Waals surface area contributed by atoms with Crippen molar-refractivity contribution in [2.45, 2.75) is 26.8 Å². The van der Waals surface area contributed by atoms with Crippen LogP contribution in [0.3, 0.4) is 0 Å². The molecule has 0 aliphatic rings. The number of hydrogen-bond donors (Lipinski definition) is 1. The molecule has 0 fully saturated rings. The zero-order valence-corrected chi connectivity index (χ0v) is 15.1. The third-order valence-electron chi connectivity index (χ3n) is 3.44. The summed E-state index contributed by atoms with van der Waals surface area (Å²) in [5.74, 6) is 1.28. The molecule has 2 aromatic carbocycles. The number of rotatable bonds is 7. The third-order valence-corrected chi connectivity index (χ3v) is 4.06. The molecule has 0 heterocycles. The molecular weight excluding hydrogens is 354 g/mol. The first kappa shape index (κ1) is 17.5. The van der Waals surface area contributed by atoms with E-state index in [2.05, 4.69) is 35.1 Å². The van der Waals surface area contributed by atoms with Gasteiger partial charge in [-0.3, -0.25) is 4.79 Å². The Morgan fingerprint density at radius 3 is 2.57 bits per heavy atom. The molecule has 0 atom stereocenters. The highest BCUT2D eigenvalue weighted by Gasteiger charge is 2.09. The van der Waals surface area contributed by atoms with Gasteiger partial charge >= 0.3 is 0 Å². The molecule has 0 aliphatic carbocycles. The molecule has 1 N–H and O–H groups in total. The highest BCUT2D eigenvalue weighted by atomic mass is 79.9. The zero-order chi connectivity index (χ0) is 16.7. The summed E-state index contributed by atoms with van der Waals surface area (Å²) in [6, 6.07) is 15.3. The second-order valence-corrected chi connectivity index (χ2v) is 6.70. The lowest BCUT2D eigenvalue weighted by molar-refractivity contribution is 0.0951. The van der Waals surface area contributed by atoms with Crippen molar-refractivity contribution in [1.29, 1.82) is 0 Å². The molecule has 122 valence electrons. The predicted molar refractivity (Wildman–Crippen MR) is 96.7 cm³/mol. The van der Waals surface area contributed by atoms with E-state index in [1.165, 1.54) is 0 Å². The molecule has 0 saturated carbocycles. The van der Waals surface area contributed by atoms with E-state index in [1.54, 1.807) is 12.1 Å². The molecule has 23 heavy (non-hydrogen) atoms. The molecule has 2 rings (SSSR count). The SMILES string of the molecule is CC(C)CCOc1ccc(C(=O)NCc2ccccc2)cc1Br. The maximum absolute atomic E-state index is 12.2. The smallest absolute Gasteiger partial charge is 0.251 e. The van der Waals surface area contributed by atoms with Gasteiger partial charge in [0.25, 0.3) is 5.91 Å². The average molecular weight is 376 g/mol. The van der Waals surface area contributed by atoms with Crippen LogP contribution in [0.4, 0.5) is 0 Å². The first-order valence-corrected chi connectivity index (χ1v) is 8.60. The summed E-state index contributed by atoms with van der Waals surface area (Å²) in [6.07, 6.45) is 1.01. The maximum Gasteiger partial charge on any atom is 0.251 e. The average Bonchev–Trinajstić information content (AvgIpc) is 2.54. The lowest BCUT2D eigenvalue weighted by Gasteiger charge is -2.11. The van der Waals surface area contributed by atoms with Crippen LogP contribution in [0.2, 0.25) is 0 Å². The van der Waals surface area contributed by atoms with E-state index >= 15 is 0 Å². The number of carbonyl (C=O) groups excluding carboxylic acids is 1. The number of nitrogens with one attached hydrogen (secondary N) is 1. The summed E-state index contributed by atoms with van der Waals surface area (Å²) in [4.78, 5) is 12.2. The van der Waals surface area contributed by atoms with Crippen LogP contribution in [0.15, 0.2) is 53.0 Å². The Morgan fingerprint density at radius 1 is 1.17 bits per heavy atom. The van der Waals surface area contributed by atoms with Crippen LogP contribution in [0, 0.1) is 5.92 Å². The molecule has 0 radical (unpaired) electrons. The number of benzene rings is 2. The van der Waals surface area contributed by atoms with Gasteiger partial charge in [-0.1, -0.05) is 44.2 Å². The molecule has 0 spiro atoms. The van der Waals surface area contributed by atoms with Crippen molar-refractivity contribution in [3.05, 3.63) is 64.1 Å². The van der Waals surface area contributed by atoms with Gasteiger partial charge in [-0.2, -0.15) is 0 Å². The molecule has 0 aromatic heterocycles. The van der Waals surface area contributed by atoms with E-state index < -0.39 is 0 Å². The van der Waals surface area contributed by atoms with Gasteiger partial charge in [-0.15, -0.1) is 0 Å². The van der Waals surface area contributed by atoms with Crippen molar-refractivity contribution in [2.75, 3.05) is 6.61 Å². The number of carbonyl (C=O) groups is 1. The van der Waals surface area contributed by atoms with Crippen LogP contribution in [0.1, 0.15) is 36.2 Å². The van der Waals surface area contributed by atoms with Gasteiger partial charge < -0.3 is 10.1 Å². The summed E-state index contributed by atoms with van der Waals surface area (Å²) in [5.41, 5.74) is 1.69. The first-order valence-electron chi connectivity index (χ1n) is 7.80. The largest absolute Gasteiger partial charge is 0.492 e. The second-order valence-electron chi connectivity index (χ2n) is 5.84. The normalized spacial score (nSPS) is 10.6. The van der Waals surface area contributed by atoms with E-state index in [0.717, 1.165) is 22.2 Å². The topological polar surface area (TPSA) is 38.3 Å². The van der Waals surface area contributed by atoms with Gasteiger partial charge in [0, 0.05) is 12.1 Å². The number of halogens is 1. The lowest BCUT2D eigenvalue weighted by atomic mass is 10.1. The fraction of sp³-hybridized carbons (Fsp3) is 0.316. The third kappa shape index (κ3) is 5.71. The molecule has 0 saturated heterocycles. The van der Waals surface area contributed by atoms with Crippen LogP contribution in [-0.2, 0) is 6.54 Å². The molecule has 3 nitrogen and oxygen atoms in total. The quantitative estimate of drug-likeness (QED) is 0.754. The fourth-order valence-electron chi connectivity index (χ4n) is 2.04. The zero-order valence-electron chi connectivity index (χ0n) is 13.5. The Hall–Kier alpha value is -1.81. The molecule has 0 unspecified atom stereocenters. The van der Waals surface area contributed by atoms with E-state index in [0.29, 0.717) is 24.6 Å². The molecule has 1 amide bonds. The highest BCUT2D eigenvalue weighted by Crippen LogP contribution is 2.26. The molecule has 0 bridgehead atoms. The Labute approximate surface area is 146 Å². The van der Waals surface area contributed by atoms with Crippen molar-refractivity contribution in [3.8, 4) is 5.75 Å². The minimum absolute atomic E-state index is 0.0942. The van der Waals surface area contributed by atoms with E-state index in [9.17, 15) is 4.79 Å². The summed E-state index contributed by atoms with van der Waals surface area (Å²) in [7, 11) is 0. The van der Waals surface area contributed by atoms with Crippen LogP contribution < -0.4 is 10.1 Å². The van der Waals surface area contributed by atoms with Crippen molar-refractivity contribution >= 4 is 21.8 Å². The standard InChI is InChI=1S/C19H22BrNO2/c1-14(2)10-11-23-18-9-8-16(12-17(18)20)19(22)21-13-15-6-4-3-5-7-15/h3-9,12,14H,10-11,13H2,1-2H3,(H,21,22). The number of hydrogen-bond acceptors (Lipinski definition) is 2. The highest BCUT2D eigenvalue weighted by molar-refractivity contribution is 9.10. The maximum atomic E-state index is 12.2. The first-order chi connectivity index (χ1) is 11.1. The molecule has 2 aromatic rings. The van der Waals surface area contributed by atoms with Gasteiger partial charge in [0.15, 0.2) is 0 Å². The van der Waals surface area contributed by atoms with E-state index in [4.69, 9.17) is 4.74 Å². The van der Waals surface area contributed by atoms with E-state index in [1.807, 2.05) is 36.4 Å². The van der Waals surface area contributed by atoms with Crippen LogP contribution in [0.5, 0.6) is 5.75 Å². The number of amides is 1. The summed E-state index contributed by atoms with van der Waals surface area (Å²) < 4.78 is 6.53. The molecule has 0 aliphatic heterocycles. The van der Waals surface area contributed by atoms with Crippen LogP contribution in [-0.4, -0.2) is 12.5 Å². The Bertz CT molecular complexity index is 641. The van der Waals surface area contributed by atoms with Gasteiger partial charge in [0.1, 0.15) is 5.75 Å². The van der Waals surface area contributed by atoms with Crippen LogP contribution >= 0.6 is 15.9 Å². The summed E-state index contributed by atoms with van der Waals surface area (Å²) >= 11 is 3.47. The Morgan fingerprint density at radius 2 is 1.91 bits per heavy atom. The van der Waals surface area contributed by atoms with Gasteiger partial charge in [-0.25, -0.2) is 0 Å². The molecule has 4 heteroatoms. The van der Waals surface area contributed by atoms with Crippen molar-refractivity contribution < 1.29 is 9.53 Å². The second kappa shape index (κ2) is 8.73. The minimum atomic E-state index is -0.0942. The predicted octanol–water partition coefficient (Wildman–Crippen LogP) is 4.80. The Balaban J connectivity index is 1.92. The van der Waals surface area contributed by atoms with Gasteiger partial charge in [0.2, 0.25) is 0 Å². The van der Waals surface area contributed by atoms with Crippen molar-refractivity contribution in [2.24, 2.45) is 5.92 Å². The van der Waals surface area contributed by atoms with Gasteiger partial charge in [-0.05, 0) is 52.0 Å².